The van der Waals surface area contributed by atoms with Gasteiger partial charge in [0, 0.05) is 5.69 Å². The van der Waals surface area contributed by atoms with Gasteiger partial charge in [-0.25, -0.2) is 4.79 Å². The summed E-state index contributed by atoms with van der Waals surface area (Å²) in [5.41, 5.74) is 0.780. The van der Waals surface area contributed by atoms with Gasteiger partial charge in [-0.2, -0.15) is 0 Å². The van der Waals surface area contributed by atoms with Crippen LogP contribution in [0.4, 0.5) is 10.5 Å². The van der Waals surface area contributed by atoms with E-state index in [2.05, 4.69) is 5.32 Å². The minimum absolute atomic E-state index is 0.175. The minimum Gasteiger partial charge on any atom is -0.497 e. The van der Waals surface area contributed by atoms with Crippen molar-refractivity contribution in [2.24, 2.45) is 0 Å². The van der Waals surface area contributed by atoms with Gasteiger partial charge in [-0.3, -0.25) is 25.0 Å². The van der Waals surface area contributed by atoms with Crippen molar-refractivity contribution < 1.29 is 28.7 Å². The maximum Gasteiger partial charge on any atom is 0.328 e. The molecule has 1 aliphatic rings. The first kappa shape index (κ1) is 20.9. The van der Waals surface area contributed by atoms with Crippen molar-refractivity contribution in [1.29, 1.82) is 0 Å². The maximum absolute atomic E-state index is 12.0. The van der Waals surface area contributed by atoms with Crippen LogP contribution in [-0.2, 0) is 14.4 Å². The molecule has 1 heterocycles. The molecule has 0 saturated carbocycles. The number of methoxy groups -OCH3 is 1. The molecule has 3 rings (SSSR count). The lowest BCUT2D eigenvalue weighted by Crippen LogP contribution is -2.51. The molecule has 0 aliphatic carbocycles. The Kier molecular flexibility index (Phi) is 6.33. The molecule has 3 N–H and O–H groups in total. The smallest absolute Gasteiger partial charge is 0.328 e. The van der Waals surface area contributed by atoms with Gasteiger partial charge in [0.1, 0.15) is 17.1 Å². The van der Waals surface area contributed by atoms with Crippen LogP contribution in [0, 0.1) is 0 Å². The SMILES string of the molecule is COc1ccc(NC(=O)COc2ccc(C=C3C(=O)NC(=O)NC3=O)cc2Cl)cc1. The van der Waals surface area contributed by atoms with Gasteiger partial charge in [0.2, 0.25) is 0 Å². The lowest BCUT2D eigenvalue weighted by atomic mass is 10.1. The third-order valence-electron chi connectivity index (χ3n) is 3.94. The van der Waals surface area contributed by atoms with Crippen molar-refractivity contribution >= 4 is 47.1 Å². The van der Waals surface area contributed by atoms with Crippen molar-refractivity contribution in [3.8, 4) is 11.5 Å². The van der Waals surface area contributed by atoms with Gasteiger partial charge in [0.15, 0.2) is 6.61 Å². The van der Waals surface area contributed by atoms with Crippen LogP contribution in [0.2, 0.25) is 5.02 Å². The van der Waals surface area contributed by atoms with Crippen molar-refractivity contribution in [3.63, 3.8) is 0 Å². The molecule has 0 bridgehead atoms. The molecule has 0 aromatic heterocycles. The summed E-state index contributed by atoms with van der Waals surface area (Å²) in [5.74, 6) is -1.09. The van der Waals surface area contributed by atoms with E-state index < -0.39 is 17.8 Å². The molecular weight excluding hydrogens is 414 g/mol. The number of carbonyl (C=O) groups is 4. The Morgan fingerprint density at radius 2 is 1.73 bits per heavy atom. The van der Waals surface area contributed by atoms with E-state index in [-0.39, 0.29) is 28.9 Å². The van der Waals surface area contributed by atoms with Gasteiger partial charge in [-0.1, -0.05) is 17.7 Å². The highest BCUT2D eigenvalue weighted by atomic mass is 35.5. The summed E-state index contributed by atoms with van der Waals surface area (Å²) >= 11 is 6.16. The molecule has 10 heteroatoms. The summed E-state index contributed by atoms with van der Waals surface area (Å²) in [4.78, 5) is 46.7. The highest BCUT2D eigenvalue weighted by Crippen LogP contribution is 2.27. The molecule has 154 valence electrons. The first-order valence-electron chi connectivity index (χ1n) is 8.60. The summed E-state index contributed by atoms with van der Waals surface area (Å²) in [5, 5.41) is 6.80. The van der Waals surface area contributed by atoms with Crippen molar-refractivity contribution in [2.75, 3.05) is 19.0 Å². The quantitative estimate of drug-likeness (QED) is 0.477. The third kappa shape index (κ3) is 5.15. The van der Waals surface area contributed by atoms with E-state index in [0.717, 1.165) is 0 Å². The Morgan fingerprint density at radius 1 is 1.07 bits per heavy atom. The van der Waals surface area contributed by atoms with Gasteiger partial charge < -0.3 is 14.8 Å². The molecule has 2 aromatic carbocycles. The third-order valence-corrected chi connectivity index (χ3v) is 4.24. The Bertz CT molecular complexity index is 1030. The fourth-order valence-electron chi connectivity index (χ4n) is 2.51. The van der Waals surface area contributed by atoms with Gasteiger partial charge in [0.05, 0.1) is 12.1 Å². The van der Waals surface area contributed by atoms with E-state index in [1.165, 1.54) is 18.2 Å². The average Bonchev–Trinajstić information content (AvgIpc) is 2.70. The molecule has 9 nitrogen and oxygen atoms in total. The maximum atomic E-state index is 12.0. The Labute approximate surface area is 176 Å². The zero-order chi connectivity index (χ0) is 21.7. The van der Waals surface area contributed by atoms with Gasteiger partial charge in [0.25, 0.3) is 17.7 Å². The molecule has 30 heavy (non-hydrogen) atoms. The first-order chi connectivity index (χ1) is 14.4. The molecule has 1 aliphatic heterocycles. The standard InChI is InChI=1S/C20H16ClN3O6/c1-29-13-5-3-12(4-6-13)22-17(25)10-30-16-7-2-11(9-15(16)21)8-14-18(26)23-20(28)24-19(14)27/h2-9H,10H2,1H3,(H,22,25)(H2,23,24,26,27,28). The van der Waals surface area contributed by atoms with Crippen LogP contribution in [0.25, 0.3) is 6.08 Å². The van der Waals surface area contributed by atoms with Crippen LogP contribution in [0.3, 0.4) is 0 Å². The number of benzene rings is 2. The van der Waals surface area contributed by atoms with Crippen LogP contribution in [-0.4, -0.2) is 37.5 Å². The van der Waals surface area contributed by atoms with Crippen LogP contribution in [0.15, 0.2) is 48.0 Å². The van der Waals surface area contributed by atoms with Crippen LogP contribution >= 0.6 is 11.6 Å². The summed E-state index contributed by atoms with van der Waals surface area (Å²) in [6, 6.07) is 10.4. The average molecular weight is 430 g/mol. The van der Waals surface area contributed by atoms with E-state index in [1.807, 2.05) is 10.6 Å². The van der Waals surface area contributed by atoms with E-state index in [1.54, 1.807) is 37.4 Å². The molecule has 2 aromatic rings. The van der Waals surface area contributed by atoms with Crippen LogP contribution in [0.1, 0.15) is 5.56 Å². The molecule has 0 spiro atoms. The van der Waals surface area contributed by atoms with E-state index in [4.69, 9.17) is 21.1 Å². The lowest BCUT2D eigenvalue weighted by Gasteiger charge is -2.14. The van der Waals surface area contributed by atoms with Crippen LogP contribution in [0.5, 0.6) is 11.5 Å². The fourth-order valence-corrected chi connectivity index (χ4v) is 2.76. The van der Waals surface area contributed by atoms with Crippen molar-refractivity contribution in [1.82, 2.24) is 10.6 Å². The molecule has 0 atom stereocenters. The molecule has 1 saturated heterocycles. The first-order valence-corrected chi connectivity index (χ1v) is 8.98. The van der Waals surface area contributed by atoms with Crippen LogP contribution < -0.4 is 25.4 Å². The van der Waals surface area contributed by atoms with Gasteiger partial charge >= 0.3 is 6.03 Å². The van der Waals surface area contributed by atoms with E-state index in [9.17, 15) is 19.2 Å². The summed E-state index contributed by atoms with van der Waals surface area (Å²) < 4.78 is 10.5. The number of carbonyl (C=O) groups excluding carboxylic acids is 4. The lowest BCUT2D eigenvalue weighted by molar-refractivity contribution is -0.124. The highest BCUT2D eigenvalue weighted by molar-refractivity contribution is 6.33. The zero-order valence-corrected chi connectivity index (χ0v) is 16.4. The largest absolute Gasteiger partial charge is 0.497 e. The topological polar surface area (TPSA) is 123 Å². The predicted octanol–water partition coefficient (Wildman–Crippen LogP) is 2.12. The number of halogens is 1. The number of hydrogen-bond acceptors (Lipinski definition) is 6. The Balaban J connectivity index is 1.62. The second kappa shape index (κ2) is 9.10. The molecule has 1 fully saturated rings. The number of nitrogens with one attached hydrogen (secondary N) is 3. The number of ether oxygens (including phenoxy) is 2. The van der Waals surface area contributed by atoms with E-state index in [0.29, 0.717) is 17.0 Å². The summed E-state index contributed by atoms with van der Waals surface area (Å²) in [7, 11) is 1.55. The Hall–Kier alpha value is -3.85. The van der Waals surface area contributed by atoms with E-state index >= 15 is 0 Å². The van der Waals surface area contributed by atoms with Crippen molar-refractivity contribution in [3.05, 3.63) is 58.6 Å². The second-order valence-electron chi connectivity index (χ2n) is 6.05. The van der Waals surface area contributed by atoms with Crippen molar-refractivity contribution in [2.45, 2.75) is 0 Å². The summed E-state index contributed by atoms with van der Waals surface area (Å²) in [6.07, 6.45) is 1.28. The van der Waals surface area contributed by atoms with Gasteiger partial charge in [-0.15, -0.1) is 0 Å². The summed E-state index contributed by atoms with van der Waals surface area (Å²) in [6.45, 7) is -0.279. The second-order valence-corrected chi connectivity index (χ2v) is 6.46. The molecule has 5 amide bonds. The molecule has 0 radical (unpaired) electrons. The predicted molar refractivity (Wildman–Crippen MR) is 108 cm³/mol. The number of anilines is 1. The number of rotatable bonds is 6. The zero-order valence-electron chi connectivity index (χ0n) is 15.7. The number of amides is 5. The molecular formula is C20H16ClN3O6. The minimum atomic E-state index is -0.878. The molecule has 0 unspecified atom stereocenters. The Morgan fingerprint density at radius 3 is 2.33 bits per heavy atom. The highest BCUT2D eigenvalue weighted by Gasteiger charge is 2.27. The number of urea groups is 1. The fraction of sp³-hybridized carbons (Fsp3) is 0.100. The normalized spacial score (nSPS) is 13.3. The number of hydrogen-bond donors (Lipinski definition) is 3. The number of barbiturate groups is 1. The van der Waals surface area contributed by atoms with Gasteiger partial charge in [-0.05, 0) is 48.0 Å². The monoisotopic (exact) mass is 429 g/mol. The number of imide groups is 2.